The first-order chi connectivity index (χ1) is 7.75. The van der Waals surface area contributed by atoms with Gasteiger partial charge in [0, 0.05) is 11.9 Å². The summed E-state index contributed by atoms with van der Waals surface area (Å²) in [4.78, 5) is 4.22. The van der Waals surface area contributed by atoms with Crippen LogP contribution in [0.15, 0.2) is 23.4 Å². The molecule has 1 fully saturated rings. The summed E-state index contributed by atoms with van der Waals surface area (Å²) < 4.78 is 12.0. The first kappa shape index (κ1) is 14.6. The van der Waals surface area contributed by atoms with E-state index in [1.54, 1.807) is 6.20 Å². The van der Waals surface area contributed by atoms with Crippen LogP contribution in [0.3, 0.4) is 0 Å². The minimum atomic E-state index is -0.940. The average Bonchev–Trinajstić information content (AvgIpc) is 2.31. The monoisotopic (exact) mass is 274 g/mol. The van der Waals surface area contributed by atoms with Crippen LogP contribution in [-0.4, -0.2) is 28.0 Å². The highest BCUT2D eigenvalue weighted by Crippen LogP contribution is 2.14. The predicted molar refractivity (Wildman–Crippen MR) is 73.1 cm³/mol. The maximum atomic E-state index is 12.0. The van der Waals surface area contributed by atoms with Crippen LogP contribution in [0.5, 0.6) is 0 Å². The lowest BCUT2D eigenvalue weighted by molar-refractivity contribution is 0.408. The molecule has 1 aromatic rings. The third kappa shape index (κ3) is 4.37. The third-order valence-corrected chi connectivity index (χ3v) is 4.39. The third-order valence-electron chi connectivity index (χ3n) is 2.90. The number of rotatable bonds is 3. The summed E-state index contributed by atoms with van der Waals surface area (Å²) in [6, 6.07) is 3.85. The van der Waals surface area contributed by atoms with Gasteiger partial charge < -0.3 is 5.32 Å². The molecule has 0 bridgehead atoms. The molecule has 2 rings (SSSR count). The second kappa shape index (κ2) is 7.09. The molecular weight excluding hydrogens is 256 g/mol. The summed E-state index contributed by atoms with van der Waals surface area (Å²) in [5.74, 6) is 1.28. The maximum absolute atomic E-state index is 12.0. The molecule has 1 aromatic heterocycles. The Morgan fingerprint density at radius 1 is 1.53 bits per heavy atom. The SMILES string of the molecule is Cc1ccc(S(=O)CC2CCCNC2)nc1.Cl. The molecule has 3 nitrogen and oxygen atoms in total. The van der Waals surface area contributed by atoms with E-state index >= 15 is 0 Å². The lowest BCUT2D eigenvalue weighted by atomic mass is 10.0. The number of nitrogens with zero attached hydrogens (tertiary/aromatic N) is 1. The highest BCUT2D eigenvalue weighted by molar-refractivity contribution is 7.84. The number of piperidine rings is 1. The Morgan fingerprint density at radius 2 is 2.35 bits per heavy atom. The maximum Gasteiger partial charge on any atom is 0.127 e. The Balaban J connectivity index is 0.00000144. The molecule has 0 aliphatic carbocycles. The Hall–Kier alpha value is -0.450. The van der Waals surface area contributed by atoms with Gasteiger partial charge in [0.2, 0.25) is 0 Å². The zero-order valence-corrected chi connectivity index (χ0v) is 11.6. The minimum absolute atomic E-state index is 0. The molecule has 1 aliphatic rings. The van der Waals surface area contributed by atoms with Crippen molar-refractivity contribution in [3.05, 3.63) is 23.9 Å². The highest BCUT2D eigenvalue weighted by atomic mass is 35.5. The first-order valence-corrected chi connectivity index (χ1v) is 7.09. The van der Waals surface area contributed by atoms with E-state index in [0.29, 0.717) is 5.92 Å². The molecule has 5 heteroatoms. The molecular formula is C12H19ClN2OS. The molecule has 0 aromatic carbocycles. The van der Waals surface area contributed by atoms with Gasteiger partial charge in [0.15, 0.2) is 0 Å². The molecule has 0 amide bonds. The lowest BCUT2D eigenvalue weighted by Gasteiger charge is -2.21. The van der Waals surface area contributed by atoms with Crippen LogP contribution in [0, 0.1) is 12.8 Å². The van der Waals surface area contributed by atoms with Gasteiger partial charge in [-0.3, -0.25) is 4.21 Å². The number of aryl methyl sites for hydroxylation is 1. The number of halogens is 1. The van der Waals surface area contributed by atoms with Crippen molar-refractivity contribution in [3.63, 3.8) is 0 Å². The van der Waals surface area contributed by atoms with E-state index in [9.17, 15) is 4.21 Å². The number of pyridine rings is 1. The van der Waals surface area contributed by atoms with Crippen LogP contribution in [0.4, 0.5) is 0 Å². The van der Waals surface area contributed by atoms with E-state index in [0.717, 1.165) is 29.4 Å². The van der Waals surface area contributed by atoms with Crippen LogP contribution in [0.25, 0.3) is 0 Å². The van der Waals surface area contributed by atoms with Gasteiger partial charge in [0.05, 0.1) is 10.8 Å². The van der Waals surface area contributed by atoms with Gasteiger partial charge >= 0.3 is 0 Å². The van der Waals surface area contributed by atoms with Gasteiger partial charge in [-0.1, -0.05) is 6.07 Å². The fraction of sp³-hybridized carbons (Fsp3) is 0.583. The van der Waals surface area contributed by atoms with E-state index in [1.807, 2.05) is 19.1 Å². The summed E-state index contributed by atoms with van der Waals surface area (Å²) >= 11 is 0. The van der Waals surface area contributed by atoms with E-state index in [4.69, 9.17) is 0 Å². The van der Waals surface area contributed by atoms with Crippen molar-refractivity contribution >= 4 is 23.2 Å². The van der Waals surface area contributed by atoms with Crippen molar-refractivity contribution < 1.29 is 4.21 Å². The van der Waals surface area contributed by atoms with Crippen molar-refractivity contribution in [2.45, 2.75) is 24.8 Å². The first-order valence-electron chi connectivity index (χ1n) is 5.77. The predicted octanol–water partition coefficient (Wildman–Crippen LogP) is 1.92. The summed E-state index contributed by atoms with van der Waals surface area (Å²) in [7, 11) is -0.940. The van der Waals surface area contributed by atoms with Crippen molar-refractivity contribution in [2.24, 2.45) is 5.92 Å². The Bertz CT molecular complexity index is 363. The number of nitrogens with one attached hydrogen (secondary N) is 1. The fourth-order valence-electron chi connectivity index (χ4n) is 1.95. The molecule has 1 aliphatic heterocycles. The molecule has 0 spiro atoms. The average molecular weight is 275 g/mol. The molecule has 0 radical (unpaired) electrons. The molecule has 2 heterocycles. The zero-order chi connectivity index (χ0) is 11.4. The number of hydrogen-bond donors (Lipinski definition) is 1. The van der Waals surface area contributed by atoms with Crippen LogP contribution in [-0.2, 0) is 10.8 Å². The van der Waals surface area contributed by atoms with Gasteiger partial charge in [0.25, 0.3) is 0 Å². The smallest absolute Gasteiger partial charge is 0.127 e. The van der Waals surface area contributed by atoms with E-state index in [2.05, 4.69) is 10.3 Å². The second-order valence-corrected chi connectivity index (χ2v) is 5.84. The molecule has 96 valence electrons. The molecule has 17 heavy (non-hydrogen) atoms. The van der Waals surface area contributed by atoms with E-state index < -0.39 is 10.8 Å². The quantitative estimate of drug-likeness (QED) is 0.916. The highest BCUT2D eigenvalue weighted by Gasteiger charge is 2.17. The lowest BCUT2D eigenvalue weighted by Crippen LogP contribution is -2.32. The molecule has 2 atom stereocenters. The number of aromatic nitrogens is 1. The topological polar surface area (TPSA) is 42.0 Å². The van der Waals surface area contributed by atoms with Crippen molar-refractivity contribution in [3.8, 4) is 0 Å². The summed E-state index contributed by atoms with van der Waals surface area (Å²) in [5, 5.41) is 4.06. The number of hydrogen-bond acceptors (Lipinski definition) is 3. The Kier molecular flexibility index (Phi) is 6.09. The van der Waals surface area contributed by atoms with Crippen LogP contribution in [0.2, 0.25) is 0 Å². The summed E-state index contributed by atoms with van der Waals surface area (Å²) in [6.45, 7) is 4.09. The van der Waals surface area contributed by atoms with Gasteiger partial charge in [-0.05, 0) is 50.4 Å². The van der Waals surface area contributed by atoms with Gasteiger partial charge in [0.1, 0.15) is 5.03 Å². The molecule has 1 saturated heterocycles. The van der Waals surface area contributed by atoms with E-state index in [-0.39, 0.29) is 12.4 Å². The summed E-state index contributed by atoms with van der Waals surface area (Å²) in [6.07, 6.45) is 4.17. The van der Waals surface area contributed by atoms with Gasteiger partial charge in [-0.2, -0.15) is 0 Å². The van der Waals surface area contributed by atoms with Crippen LogP contribution < -0.4 is 5.32 Å². The summed E-state index contributed by atoms with van der Waals surface area (Å²) in [5.41, 5.74) is 1.11. The Labute approximate surface area is 111 Å². The Morgan fingerprint density at radius 3 is 2.94 bits per heavy atom. The van der Waals surface area contributed by atoms with Gasteiger partial charge in [-0.25, -0.2) is 4.98 Å². The van der Waals surface area contributed by atoms with Crippen molar-refractivity contribution in [2.75, 3.05) is 18.8 Å². The normalized spacial score (nSPS) is 21.6. The van der Waals surface area contributed by atoms with Crippen LogP contribution >= 0.6 is 12.4 Å². The van der Waals surface area contributed by atoms with E-state index in [1.165, 1.54) is 12.8 Å². The van der Waals surface area contributed by atoms with Crippen molar-refractivity contribution in [1.82, 2.24) is 10.3 Å². The van der Waals surface area contributed by atoms with Crippen molar-refractivity contribution in [1.29, 1.82) is 0 Å². The van der Waals surface area contributed by atoms with Crippen LogP contribution in [0.1, 0.15) is 18.4 Å². The largest absolute Gasteiger partial charge is 0.316 e. The van der Waals surface area contributed by atoms with Gasteiger partial charge in [-0.15, -0.1) is 12.4 Å². The molecule has 1 N–H and O–H groups in total. The standard InChI is InChI=1S/C12H18N2OS.ClH/c1-10-4-5-12(14-7-10)16(15)9-11-3-2-6-13-8-11;/h4-5,7,11,13H,2-3,6,8-9H2,1H3;1H. The fourth-order valence-corrected chi connectivity index (χ4v) is 3.23. The zero-order valence-electron chi connectivity index (χ0n) is 10.0. The second-order valence-electron chi connectivity index (χ2n) is 4.40. The molecule has 0 saturated carbocycles. The molecule has 2 unspecified atom stereocenters. The minimum Gasteiger partial charge on any atom is -0.316 e.